The number of hydrogen-bond acceptors (Lipinski definition) is 1. The summed E-state index contributed by atoms with van der Waals surface area (Å²) in [4.78, 5) is 0. The average molecular weight is 165 g/mol. The summed E-state index contributed by atoms with van der Waals surface area (Å²) in [6.07, 6.45) is 8.74. The number of hydrogen-bond donors (Lipinski definition) is 1. The Labute approximate surface area is 75.3 Å². The van der Waals surface area contributed by atoms with E-state index in [9.17, 15) is 0 Å². The lowest BCUT2D eigenvalue weighted by atomic mass is 9.73. The zero-order valence-corrected chi connectivity index (χ0v) is 8.30. The zero-order chi connectivity index (χ0) is 9.19. The van der Waals surface area contributed by atoms with E-state index in [2.05, 4.69) is 32.9 Å². The lowest BCUT2D eigenvalue weighted by Gasteiger charge is -2.32. The Morgan fingerprint density at radius 1 is 1.42 bits per heavy atom. The Morgan fingerprint density at radius 2 is 2.00 bits per heavy atom. The minimum atomic E-state index is 0.128. The molecule has 1 aliphatic carbocycles. The predicted molar refractivity (Wildman–Crippen MR) is 53.6 cm³/mol. The lowest BCUT2D eigenvalue weighted by molar-refractivity contribution is 0.289. The smallest absolute Gasteiger partial charge is 0.0280 e. The van der Waals surface area contributed by atoms with Crippen molar-refractivity contribution in [2.45, 2.75) is 33.6 Å². The van der Waals surface area contributed by atoms with Crippen molar-refractivity contribution in [2.24, 2.45) is 17.1 Å². The van der Waals surface area contributed by atoms with Crippen molar-refractivity contribution in [3.05, 3.63) is 23.9 Å². The maximum atomic E-state index is 5.96. The monoisotopic (exact) mass is 165 g/mol. The van der Waals surface area contributed by atoms with E-state index >= 15 is 0 Å². The second kappa shape index (κ2) is 3.34. The van der Waals surface area contributed by atoms with Crippen LogP contribution in [-0.2, 0) is 0 Å². The minimum Gasteiger partial charge on any atom is -0.401 e. The van der Waals surface area contributed by atoms with Gasteiger partial charge in [-0.25, -0.2) is 0 Å². The molecule has 0 amide bonds. The van der Waals surface area contributed by atoms with E-state index in [4.69, 9.17) is 5.73 Å². The van der Waals surface area contributed by atoms with Crippen molar-refractivity contribution in [3.63, 3.8) is 0 Å². The topological polar surface area (TPSA) is 26.0 Å². The summed E-state index contributed by atoms with van der Waals surface area (Å²) < 4.78 is 0. The largest absolute Gasteiger partial charge is 0.401 e. The molecule has 0 aliphatic heterocycles. The van der Waals surface area contributed by atoms with Gasteiger partial charge >= 0.3 is 0 Å². The van der Waals surface area contributed by atoms with Crippen molar-refractivity contribution in [2.75, 3.05) is 0 Å². The van der Waals surface area contributed by atoms with Crippen molar-refractivity contribution in [1.29, 1.82) is 0 Å². The Morgan fingerprint density at radius 3 is 2.33 bits per heavy atom. The lowest BCUT2D eigenvalue weighted by Crippen LogP contribution is -2.29. The van der Waals surface area contributed by atoms with Gasteiger partial charge in [0.05, 0.1) is 0 Å². The maximum Gasteiger partial charge on any atom is 0.0280 e. The van der Waals surface area contributed by atoms with E-state index in [1.165, 1.54) is 12.8 Å². The van der Waals surface area contributed by atoms with Gasteiger partial charge in [0.15, 0.2) is 0 Å². The first-order valence-electron chi connectivity index (χ1n) is 4.80. The van der Waals surface area contributed by atoms with Gasteiger partial charge in [0.1, 0.15) is 0 Å². The summed E-state index contributed by atoms with van der Waals surface area (Å²) in [5.74, 6) is 0.687. The van der Waals surface area contributed by atoms with Gasteiger partial charge in [0.25, 0.3) is 0 Å². The number of allylic oxidation sites excluding steroid dienone is 3. The summed E-state index contributed by atoms with van der Waals surface area (Å²) in [6.45, 7) is 6.71. The van der Waals surface area contributed by atoms with Crippen molar-refractivity contribution in [1.82, 2.24) is 0 Å². The first kappa shape index (κ1) is 9.37. The van der Waals surface area contributed by atoms with Gasteiger partial charge < -0.3 is 5.73 Å². The highest BCUT2D eigenvalue weighted by Crippen LogP contribution is 2.41. The van der Waals surface area contributed by atoms with Crippen LogP contribution in [0.25, 0.3) is 0 Å². The molecule has 0 fully saturated rings. The molecule has 0 saturated carbocycles. The molecular formula is C11H19N. The molecule has 0 spiro atoms. The molecule has 1 atom stereocenters. The van der Waals surface area contributed by atoms with Crippen LogP contribution in [0.4, 0.5) is 0 Å². The molecule has 12 heavy (non-hydrogen) atoms. The quantitative estimate of drug-likeness (QED) is 0.683. The summed E-state index contributed by atoms with van der Waals surface area (Å²) in [5, 5.41) is 0. The van der Waals surface area contributed by atoms with Crippen LogP contribution in [0.3, 0.4) is 0 Å². The first-order chi connectivity index (χ1) is 5.65. The molecule has 0 saturated heterocycles. The first-order valence-corrected chi connectivity index (χ1v) is 4.80. The van der Waals surface area contributed by atoms with Crippen molar-refractivity contribution < 1.29 is 0 Å². The fourth-order valence-electron chi connectivity index (χ4n) is 2.14. The van der Waals surface area contributed by atoms with Gasteiger partial charge in [-0.15, -0.1) is 0 Å². The van der Waals surface area contributed by atoms with E-state index in [0.29, 0.717) is 5.92 Å². The van der Waals surface area contributed by atoms with Gasteiger partial charge in [-0.1, -0.05) is 45.8 Å². The second-order valence-electron chi connectivity index (χ2n) is 3.78. The number of nitrogens with two attached hydrogens (primary N) is 1. The molecule has 0 aromatic heterocycles. The van der Waals surface area contributed by atoms with E-state index in [-0.39, 0.29) is 5.41 Å². The Kier molecular flexibility index (Phi) is 2.61. The molecule has 0 aromatic carbocycles. The Balaban J connectivity index is 2.84. The third kappa shape index (κ3) is 1.28. The van der Waals surface area contributed by atoms with E-state index in [1.807, 2.05) is 6.08 Å². The van der Waals surface area contributed by atoms with Crippen LogP contribution < -0.4 is 5.73 Å². The van der Waals surface area contributed by atoms with Crippen LogP contribution in [0.1, 0.15) is 33.6 Å². The Hall–Kier alpha value is -0.720. The number of rotatable bonds is 3. The molecule has 68 valence electrons. The zero-order valence-electron chi connectivity index (χ0n) is 8.30. The minimum absolute atomic E-state index is 0.128. The van der Waals surface area contributed by atoms with Gasteiger partial charge in [0, 0.05) is 11.1 Å². The normalized spacial score (nSPS) is 28.2. The highest BCUT2D eigenvalue weighted by molar-refractivity contribution is 5.31. The van der Waals surface area contributed by atoms with Gasteiger partial charge in [-0.3, -0.25) is 0 Å². The molecule has 0 heterocycles. The highest BCUT2D eigenvalue weighted by Gasteiger charge is 2.33. The third-order valence-corrected chi connectivity index (χ3v) is 3.17. The fraction of sp³-hybridized carbons (Fsp3) is 0.636. The molecule has 1 aliphatic rings. The second-order valence-corrected chi connectivity index (χ2v) is 3.78. The molecule has 1 nitrogen and oxygen atoms in total. The standard InChI is InChI=1S/C11H19N/c1-4-9(5-2)11(3)8-6-7-10(11)12/h6-9H,4-5,12H2,1-3H3. The van der Waals surface area contributed by atoms with E-state index in [1.54, 1.807) is 0 Å². The molecular weight excluding hydrogens is 146 g/mol. The van der Waals surface area contributed by atoms with E-state index in [0.717, 1.165) is 5.70 Å². The molecule has 0 radical (unpaired) electrons. The van der Waals surface area contributed by atoms with Crippen molar-refractivity contribution in [3.8, 4) is 0 Å². The third-order valence-electron chi connectivity index (χ3n) is 3.17. The maximum absolute atomic E-state index is 5.96. The Bertz CT molecular complexity index is 211. The average Bonchev–Trinajstić information content (AvgIpc) is 2.36. The van der Waals surface area contributed by atoms with Gasteiger partial charge in [-0.05, 0) is 12.0 Å². The van der Waals surface area contributed by atoms with Crippen LogP contribution in [0.5, 0.6) is 0 Å². The van der Waals surface area contributed by atoms with E-state index < -0.39 is 0 Å². The fourth-order valence-corrected chi connectivity index (χ4v) is 2.14. The molecule has 1 heteroatoms. The molecule has 0 bridgehead atoms. The summed E-state index contributed by atoms with van der Waals surface area (Å²) in [6, 6.07) is 0. The summed E-state index contributed by atoms with van der Waals surface area (Å²) >= 11 is 0. The van der Waals surface area contributed by atoms with Crippen LogP contribution in [-0.4, -0.2) is 0 Å². The van der Waals surface area contributed by atoms with Crippen LogP contribution >= 0.6 is 0 Å². The SMILES string of the molecule is CCC(CC)C1(C)C=CC=C1N. The van der Waals surface area contributed by atoms with Crippen LogP contribution in [0.2, 0.25) is 0 Å². The van der Waals surface area contributed by atoms with Gasteiger partial charge in [-0.2, -0.15) is 0 Å². The molecule has 1 rings (SSSR count). The molecule has 2 N–H and O–H groups in total. The van der Waals surface area contributed by atoms with Gasteiger partial charge in [0.2, 0.25) is 0 Å². The predicted octanol–water partition coefficient (Wildman–Crippen LogP) is 2.84. The van der Waals surface area contributed by atoms with Crippen LogP contribution in [0, 0.1) is 11.3 Å². The summed E-state index contributed by atoms with van der Waals surface area (Å²) in [5.41, 5.74) is 7.12. The molecule has 1 unspecified atom stereocenters. The highest BCUT2D eigenvalue weighted by atomic mass is 14.6. The summed E-state index contributed by atoms with van der Waals surface area (Å²) in [7, 11) is 0. The van der Waals surface area contributed by atoms with Crippen molar-refractivity contribution >= 4 is 0 Å². The van der Waals surface area contributed by atoms with Crippen LogP contribution in [0.15, 0.2) is 23.9 Å². The molecule has 0 aromatic rings.